The molecule has 2 aromatic carbocycles. The molecule has 0 atom stereocenters. The predicted molar refractivity (Wildman–Crippen MR) is 107 cm³/mol. The van der Waals surface area contributed by atoms with E-state index in [1.54, 1.807) is 0 Å². The number of hydrogen-bond donors (Lipinski definition) is 2. The molecule has 1 aliphatic carbocycles. The van der Waals surface area contributed by atoms with Crippen LogP contribution in [0.1, 0.15) is 23.1 Å². The first-order valence-corrected chi connectivity index (χ1v) is 8.50. The Hall–Kier alpha value is -3.26. The fourth-order valence-electron chi connectivity index (χ4n) is 3.74. The molecule has 0 aromatic heterocycles. The van der Waals surface area contributed by atoms with Crippen LogP contribution < -0.4 is 10.6 Å². The zero-order valence-electron chi connectivity index (χ0n) is 13.9. The van der Waals surface area contributed by atoms with Gasteiger partial charge in [-0.25, -0.2) is 0 Å². The van der Waals surface area contributed by atoms with Gasteiger partial charge in [0.15, 0.2) is 0 Å². The summed E-state index contributed by atoms with van der Waals surface area (Å²) < 4.78 is 0. The van der Waals surface area contributed by atoms with Crippen LogP contribution in [0.3, 0.4) is 0 Å². The van der Waals surface area contributed by atoms with Crippen molar-refractivity contribution in [3.8, 4) is 0 Å². The van der Waals surface area contributed by atoms with Crippen molar-refractivity contribution < 1.29 is 0 Å². The molecular weight excluding hydrogens is 304 g/mol. The summed E-state index contributed by atoms with van der Waals surface area (Å²) in [5.74, 6) is 0. The number of para-hydroxylation sites is 1. The standard InChI is InChI=1S/C23H18N2/c1-14-16-8-4-3-5-10-20(16)24-22-13-19-15(2)17-9-6-7-11-21(17)25-23(19)12-18(14)22/h4-13,24-25H,1-3H2. The van der Waals surface area contributed by atoms with E-state index in [1.165, 1.54) is 0 Å². The van der Waals surface area contributed by atoms with Crippen LogP contribution in [0.25, 0.3) is 11.1 Å². The first-order chi connectivity index (χ1) is 12.2. The second kappa shape index (κ2) is 5.12. The van der Waals surface area contributed by atoms with Crippen LogP contribution in [0, 0.1) is 0 Å². The van der Waals surface area contributed by atoms with Crippen LogP contribution in [-0.4, -0.2) is 0 Å². The van der Waals surface area contributed by atoms with Gasteiger partial charge in [-0.1, -0.05) is 49.6 Å². The summed E-state index contributed by atoms with van der Waals surface area (Å²) in [6, 6.07) is 12.7. The molecular formula is C23H18N2. The van der Waals surface area contributed by atoms with E-state index in [0.717, 1.165) is 62.6 Å². The lowest BCUT2D eigenvalue weighted by molar-refractivity contribution is 1.35. The third-order valence-corrected chi connectivity index (χ3v) is 5.06. The number of fused-ring (bicyclic) bond motifs is 3. The third kappa shape index (κ3) is 2.04. The van der Waals surface area contributed by atoms with Crippen molar-refractivity contribution in [2.75, 3.05) is 10.6 Å². The number of nitrogens with one attached hydrogen (secondary N) is 2. The van der Waals surface area contributed by atoms with Crippen molar-refractivity contribution in [1.82, 2.24) is 0 Å². The summed E-state index contributed by atoms with van der Waals surface area (Å²) in [4.78, 5) is 0. The van der Waals surface area contributed by atoms with E-state index in [0.29, 0.717) is 0 Å². The first kappa shape index (κ1) is 14.1. The predicted octanol–water partition coefficient (Wildman–Crippen LogP) is 6.01. The highest BCUT2D eigenvalue weighted by atomic mass is 14.9. The summed E-state index contributed by atoms with van der Waals surface area (Å²) >= 11 is 0. The van der Waals surface area contributed by atoms with Crippen LogP contribution in [0.4, 0.5) is 17.1 Å². The van der Waals surface area contributed by atoms with Crippen molar-refractivity contribution in [2.45, 2.75) is 6.42 Å². The maximum absolute atomic E-state index is 4.36. The van der Waals surface area contributed by atoms with Crippen molar-refractivity contribution in [1.29, 1.82) is 0 Å². The van der Waals surface area contributed by atoms with E-state index < -0.39 is 0 Å². The Morgan fingerprint density at radius 3 is 2.32 bits per heavy atom. The van der Waals surface area contributed by atoms with E-state index in [9.17, 15) is 0 Å². The minimum absolute atomic E-state index is 0.947. The van der Waals surface area contributed by atoms with E-state index in [1.807, 2.05) is 6.07 Å². The number of rotatable bonds is 0. The monoisotopic (exact) mass is 322 g/mol. The molecule has 120 valence electrons. The second-order valence-corrected chi connectivity index (χ2v) is 6.56. The summed E-state index contributed by atoms with van der Waals surface area (Å²) in [5, 5.41) is 7.12. The van der Waals surface area contributed by atoms with Gasteiger partial charge in [0.05, 0.1) is 0 Å². The second-order valence-electron chi connectivity index (χ2n) is 6.56. The minimum Gasteiger partial charge on any atom is -0.355 e. The smallest absolute Gasteiger partial charge is 0.0471 e. The van der Waals surface area contributed by atoms with Crippen LogP contribution in [0.2, 0.25) is 0 Å². The maximum atomic E-state index is 4.36. The van der Waals surface area contributed by atoms with Crippen LogP contribution in [0.5, 0.6) is 0 Å². The van der Waals surface area contributed by atoms with Gasteiger partial charge in [-0.2, -0.15) is 0 Å². The van der Waals surface area contributed by atoms with Gasteiger partial charge in [-0.3, -0.25) is 0 Å². The molecule has 0 spiro atoms. The quantitative estimate of drug-likeness (QED) is 0.529. The summed E-state index contributed by atoms with van der Waals surface area (Å²) in [5.41, 5.74) is 11.1. The lowest BCUT2D eigenvalue weighted by atomic mass is 9.86. The number of hydrogen-bond acceptors (Lipinski definition) is 2. The molecule has 2 aromatic rings. The zero-order valence-corrected chi connectivity index (χ0v) is 13.9. The van der Waals surface area contributed by atoms with Gasteiger partial charge in [-0.15, -0.1) is 0 Å². The lowest BCUT2D eigenvalue weighted by Crippen LogP contribution is -2.13. The van der Waals surface area contributed by atoms with Gasteiger partial charge in [-0.05, 0) is 41.8 Å². The fourth-order valence-corrected chi connectivity index (χ4v) is 3.74. The van der Waals surface area contributed by atoms with Gasteiger partial charge in [0.25, 0.3) is 0 Å². The van der Waals surface area contributed by atoms with E-state index >= 15 is 0 Å². The average molecular weight is 322 g/mol. The molecule has 0 fully saturated rings. The Morgan fingerprint density at radius 2 is 1.44 bits per heavy atom. The Morgan fingerprint density at radius 1 is 0.720 bits per heavy atom. The van der Waals surface area contributed by atoms with Crippen LogP contribution >= 0.6 is 0 Å². The molecule has 25 heavy (non-hydrogen) atoms. The molecule has 0 amide bonds. The van der Waals surface area contributed by atoms with Crippen LogP contribution in [0.15, 0.2) is 85.1 Å². The van der Waals surface area contributed by atoms with Crippen LogP contribution in [-0.2, 0) is 0 Å². The fraction of sp³-hybridized carbons (Fsp3) is 0.0435. The van der Waals surface area contributed by atoms with E-state index in [4.69, 9.17) is 0 Å². The Bertz CT molecular complexity index is 1050. The Labute approximate surface area is 147 Å². The summed E-state index contributed by atoms with van der Waals surface area (Å²) in [6.45, 7) is 8.69. The van der Waals surface area contributed by atoms with Gasteiger partial charge < -0.3 is 10.6 Å². The topological polar surface area (TPSA) is 24.1 Å². The molecule has 2 nitrogen and oxygen atoms in total. The van der Waals surface area contributed by atoms with Crippen molar-refractivity contribution in [2.24, 2.45) is 0 Å². The van der Waals surface area contributed by atoms with Crippen molar-refractivity contribution in [3.63, 3.8) is 0 Å². The molecule has 0 bridgehead atoms. The van der Waals surface area contributed by atoms with Gasteiger partial charge >= 0.3 is 0 Å². The molecule has 0 saturated heterocycles. The third-order valence-electron chi connectivity index (χ3n) is 5.06. The highest BCUT2D eigenvalue weighted by molar-refractivity contribution is 6.01. The summed E-state index contributed by atoms with van der Waals surface area (Å²) in [6.07, 6.45) is 9.59. The number of allylic oxidation sites excluding steroid dienone is 6. The summed E-state index contributed by atoms with van der Waals surface area (Å²) in [7, 11) is 0. The molecule has 2 N–H and O–H groups in total. The highest BCUT2D eigenvalue weighted by Crippen LogP contribution is 2.46. The first-order valence-electron chi connectivity index (χ1n) is 8.50. The van der Waals surface area contributed by atoms with E-state index in [-0.39, 0.29) is 0 Å². The van der Waals surface area contributed by atoms with E-state index in [2.05, 4.69) is 78.4 Å². The van der Waals surface area contributed by atoms with Gasteiger partial charge in [0.2, 0.25) is 0 Å². The molecule has 2 aliphatic heterocycles. The molecule has 0 unspecified atom stereocenters. The molecule has 5 rings (SSSR count). The minimum atomic E-state index is 0.947. The van der Waals surface area contributed by atoms with Gasteiger partial charge in [0, 0.05) is 45.0 Å². The number of anilines is 3. The normalized spacial score (nSPS) is 17.0. The molecule has 0 saturated carbocycles. The maximum Gasteiger partial charge on any atom is 0.0471 e. The van der Waals surface area contributed by atoms with Crippen molar-refractivity contribution >= 4 is 28.2 Å². The Kier molecular flexibility index (Phi) is 2.89. The highest BCUT2D eigenvalue weighted by Gasteiger charge is 2.25. The van der Waals surface area contributed by atoms with Crippen molar-refractivity contribution in [3.05, 3.63) is 102 Å². The zero-order chi connectivity index (χ0) is 17.0. The lowest BCUT2D eigenvalue weighted by Gasteiger charge is -2.29. The molecule has 2 heteroatoms. The molecule has 0 radical (unpaired) electrons. The molecule has 3 aliphatic rings. The SMILES string of the molecule is C=C1C2=C(C=CCC=C2)Nc2cc3c(cc21)Nc1ccccc1C3=C. The van der Waals surface area contributed by atoms with Gasteiger partial charge in [0.1, 0.15) is 0 Å². The largest absolute Gasteiger partial charge is 0.355 e. The average Bonchev–Trinajstić information content (AvgIpc) is 2.87. The molecule has 2 heterocycles. The number of benzene rings is 2. The Balaban J connectivity index is 1.67.